The Labute approximate surface area is 107 Å². The van der Waals surface area contributed by atoms with Crippen molar-refractivity contribution in [2.45, 2.75) is 37.0 Å². The highest BCUT2D eigenvalue weighted by molar-refractivity contribution is 7.99. The van der Waals surface area contributed by atoms with Gasteiger partial charge in [0.2, 0.25) is 0 Å². The van der Waals surface area contributed by atoms with Crippen LogP contribution in [0.4, 0.5) is 0 Å². The molecular weight excluding hydrogens is 258 g/mol. The van der Waals surface area contributed by atoms with E-state index in [1.54, 1.807) is 11.8 Å². The predicted octanol–water partition coefficient (Wildman–Crippen LogP) is 1.39. The average molecular weight is 277 g/mol. The SMILES string of the molecule is CCc1ncc(S(=O)(=O)NCCC(C)SC)[nH]1. The molecule has 0 amide bonds. The molecule has 0 spiro atoms. The highest BCUT2D eigenvalue weighted by Crippen LogP contribution is 2.10. The second-order valence-corrected chi connectivity index (χ2v) is 6.79. The number of hydrogen-bond donors (Lipinski definition) is 2. The van der Waals surface area contributed by atoms with Crippen LogP contribution in [-0.2, 0) is 16.4 Å². The Hall–Kier alpha value is -0.530. The van der Waals surface area contributed by atoms with Gasteiger partial charge in [-0.25, -0.2) is 18.1 Å². The number of thioether (sulfide) groups is 1. The lowest BCUT2D eigenvalue weighted by Gasteiger charge is -2.08. The van der Waals surface area contributed by atoms with Crippen LogP contribution in [0, 0.1) is 0 Å². The summed E-state index contributed by atoms with van der Waals surface area (Å²) in [6, 6.07) is 0. The highest BCUT2D eigenvalue weighted by atomic mass is 32.2. The molecule has 7 heteroatoms. The number of aromatic nitrogens is 2. The van der Waals surface area contributed by atoms with Crippen molar-refractivity contribution in [1.29, 1.82) is 0 Å². The Morgan fingerprint density at radius 1 is 1.59 bits per heavy atom. The molecule has 1 rings (SSSR count). The molecule has 1 atom stereocenters. The number of rotatable bonds is 7. The van der Waals surface area contributed by atoms with Crippen LogP contribution in [0.3, 0.4) is 0 Å². The molecule has 0 aliphatic carbocycles. The van der Waals surface area contributed by atoms with Crippen molar-refractivity contribution in [2.24, 2.45) is 0 Å². The molecule has 0 bridgehead atoms. The van der Waals surface area contributed by atoms with E-state index in [2.05, 4.69) is 21.6 Å². The van der Waals surface area contributed by atoms with Gasteiger partial charge in [-0.15, -0.1) is 0 Å². The second kappa shape index (κ2) is 6.42. The van der Waals surface area contributed by atoms with Gasteiger partial charge in [0.05, 0.1) is 6.20 Å². The van der Waals surface area contributed by atoms with E-state index >= 15 is 0 Å². The minimum atomic E-state index is -3.43. The topological polar surface area (TPSA) is 74.8 Å². The van der Waals surface area contributed by atoms with Gasteiger partial charge in [0.15, 0.2) is 5.03 Å². The number of sulfonamides is 1. The highest BCUT2D eigenvalue weighted by Gasteiger charge is 2.16. The third-order valence-electron chi connectivity index (χ3n) is 2.47. The van der Waals surface area contributed by atoms with Crippen molar-refractivity contribution in [3.05, 3.63) is 12.0 Å². The Kier molecular flexibility index (Phi) is 5.48. The summed E-state index contributed by atoms with van der Waals surface area (Å²) in [5.41, 5.74) is 0. The van der Waals surface area contributed by atoms with Gasteiger partial charge in [-0.05, 0) is 12.7 Å². The molecule has 0 saturated heterocycles. The minimum absolute atomic E-state index is 0.145. The second-order valence-electron chi connectivity index (χ2n) is 3.78. The maximum absolute atomic E-state index is 11.8. The normalized spacial score (nSPS) is 13.8. The summed E-state index contributed by atoms with van der Waals surface area (Å²) in [6.07, 6.45) is 4.88. The largest absolute Gasteiger partial charge is 0.332 e. The summed E-state index contributed by atoms with van der Waals surface area (Å²) in [5, 5.41) is 0.594. The van der Waals surface area contributed by atoms with E-state index in [4.69, 9.17) is 0 Å². The average Bonchev–Trinajstić information content (AvgIpc) is 2.77. The van der Waals surface area contributed by atoms with Gasteiger partial charge in [-0.1, -0.05) is 13.8 Å². The number of aromatic amines is 1. The molecule has 0 saturated carbocycles. The fourth-order valence-corrected chi connectivity index (χ4v) is 2.59. The van der Waals surface area contributed by atoms with Gasteiger partial charge < -0.3 is 4.98 Å². The summed E-state index contributed by atoms with van der Waals surface area (Å²) in [4.78, 5) is 6.77. The van der Waals surface area contributed by atoms with E-state index in [1.807, 2.05) is 13.2 Å². The number of nitrogens with zero attached hydrogens (tertiary/aromatic N) is 1. The van der Waals surface area contributed by atoms with Gasteiger partial charge in [-0.3, -0.25) is 0 Å². The molecule has 0 aliphatic rings. The molecule has 1 heterocycles. The maximum atomic E-state index is 11.8. The van der Waals surface area contributed by atoms with Crippen LogP contribution in [-0.4, -0.2) is 36.4 Å². The van der Waals surface area contributed by atoms with E-state index < -0.39 is 10.0 Å². The van der Waals surface area contributed by atoms with Crippen molar-refractivity contribution >= 4 is 21.8 Å². The summed E-state index contributed by atoms with van der Waals surface area (Å²) >= 11 is 1.72. The van der Waals surface area contributed by atoms with Crippen LogP contribution in [0.15, 0.2) is 11.2 Å². The van der Waals surface area contributed by atoms with Crippen LogP contribution < -0.4 is 4.72 Å². The van der Waals surface area contributed by atoms with Crippen LogP contribution in [0.25, 0.3) is 0 Å². The summed E-state index contributed by atoms with van der Waals surface area (Å²) < 4.78 is 26.2. The van der Waals surface area contributed by atoms with E-state index in [1.165, 1.54) is 6.20 Å². The Balaban J connectivity index is 2.56. The first-order chi connectivity index (χ1) is 7.99. The van der Waals surface area contributed by atoms with Crippen LogP contribution in [0.1, 0.15) is 26.1 Å². The fraction of sp³-hybridized carbons (Fsp3) is 0.700. The maximum Gasteiger partial charge on any atom is 0.257 e. The van der Waals surface area contributed by atoms with E-state index in [9.17, 15) is 8.42 Å². The van der Waals surface area contributed by atoms with Gasteiger partial charge in [0.25, 0.3) is 10.0 Å². The fourth-order valence-electron chi connectivity index (χ4n) is 1.25. The van der Waals surface area contributed by atoms with Crippen LogP contribution in [0.5, 0.6) is 0 Å². The zero-order chi connectivity index (χ0) is 12.9. The lowest BCUT2D eigenvalue weighted by molar-refractivity contribution is 0.575. The van der Waals surface area contributed by atoms with Crippen molar-refractivity contribution in [3.8, 4) is 0 Å². The summed E-state index contributed by atoms with van der Waals surface area (Å²) in [7, 11) is -3.43. The zero-order valence-electron chi connectivity index (χ0n) is 10.4. The molecule has 1 unspecified atom stereocenters. The molecule has 98 valence electrons. The number of hydrogen-bond acceptors (Lipinski definition) is 4. The minimum Gasteiger partial charge on any atom is -0.332 e. The molecule has 0 aromatic carbocycles. The molecule has 1 aromatic rings. The van der Waals surface area contributed by atoms with Gasteiger partial charge in [0, 0.05) is 18.2 Å². The first-order valence-corrected chi connectivity index (χ1v) is 8.33. The van der Waals surface area contributed by atoms with Crippen molar-refractivity contribution < 1.29 is 8.42 Å². The number of imidazole rings is 1. The molecule has 1 aromatic heterocycles. The smallest absolute Gasteiger partial charge is 0.257 e. The molecule has 0 fully saturated rings. The van der Waals surface area contributed by atoms with Crippen LogP contribution in [0.2, 0.25) is 0 Å². The monoisotopic (exact) mass is 277 g/mol. The molecular formula is C10H19N3O2S2. The van der Waals surface area contributed by atoms with Gasteiger partial charge in [0.1, 0.15) is 5.82 Å². The Morgan fingerprint density at radius 2 is 2.29 bits per heavy atom. The first-order valence-electron chi connectivity index (χ1n) is 5.56. The summed E-state index contributed by atoms with van der Waals surface area (Å²) in [5.74, 6) is 0.683. The molecule has 17 heavy (non-hydrogen) atoms. The standard InChI is InChI=1S/C10H19N3O2S2/c1-4-9-11-7-10(13-9)17(14,15)12-6-5-8(2)16-3/h7-8,12H,4-6H2,1-3H3,(H,11,13). The van der Waals surface area contributed by atoms with Gasteiger partial charge >= 0.3 is 0 Å². The summed E-state index contributed by atoms with van der Waals surface area (Å²) in [6.45, 7) is 4.44. The number of aryl methyl sites for hydroxylation is 1. The number of H-pyrrole nitrogens is 1. The van der Waals surface area contributed by atoms with E-state index in [0.29, 0.717) is 24.0 Å². The molecule has 2 N–H and O–H groups in total. The van der Waals surface area contributed by atoms with E-state index in [-0.39, 0.29) is 5.03 Å². The molecule has 0 aliphatic heterocycles. The van der Waals surface area contributed by atoms with E-state index in [0.717, 1.165) is 6.42 Å². The Bertz CT molecular complexity index is 442. The van der Waals surface area contributed by atoms with Crippen LogP contribution >= 0.6 is 11.8 Å². The lowest BCUT2D eigenvalue weighted by atomic mass is 10.3. The molecule has 0 radical (unpaired) electrons. The zero-order valence-corrected chi connectivity index (χ0v) is 12.0. The third-order valence-corrected chi connectivity index (χ3v) is 4.89. The quantitative estimate of drug-likeness (QED) is 0.790. The van der Waals surface area contributed by atoms with Crippen molar-refractivity contribution in [1.82, 2.24) is 14.7 Å². The lowest BCUT2D eigenvalue weighted by Crippen LogP contribution is -2.26. The number of nitrogens with one attached hydrogen (secondary N) is 2. The Morgan fingerprint density at radius 3 is 2.82 bits per heavy atom. The third kappa shape index (κ3) is 4.33. The van der Waals surface area contributed by atoms with Crippen molar-refractivity contribution in [3.63, 3.8) is 0 Å². The first kappa shape index (κ1) is 14.5. The predicted molar refractivity (Wildman–Crippen MR) is 70.7 cm³/mol. The van der Waals surface area contributed by atoms with Crippen molar-refractivity contribution in [2.75, 3.05) is 12.8 Å². The van der Waals surface area contributed by atoms with Gasteiger partial charge in [-0.2, -0.15) is 11.8 Å². The molecule has 5 nitrogen and oxygen atoms in total.